The van der Waals surface area contributed by atoms with Crippen LogP contribution in [0.3, 0.4) is 0 Å². The van der Waals surface area contributed by atoms with E-state index in [0.29, 0.717) is 6.54 Å². The van der Waals surface area contributed by atoms with E-state index in [1.54, 1.807) is 0 Å². The molecule has 0 unspecified atom stereocenters. The molecule has 1 saturated heterocycles. The quantitative estimate of drug-likeness (QED) is 0.577. The fourth-order valence-corrected chi connectivity index (χ4v) is 1.59. The summed E-state index contributed by atoms with van der Waals surface area (Å²) < 4.78 is 0. The molecule has 74 valence electrons. The molecule has 0 spiro atoms. The molecule has 1 rings (SSSR count). The Morgan fingerprint density at radius 2 is 1.31 bits per heavy atom. The van der Waals surface area contributed by atoms with Crippen molar-refractivity contribution in [2.75, 3.05) is 6.54 Å². The maximum Gasteiger partial charge on any atom is 0.235 e. The van der Waals surface area contributed by atoms with E-state index in [1.165, 1.54) is 4.90 Å². The van der Waals surface area contributed by atoms with Crippen molar-refractivity contribution in [2.24, 2.45) is 10.8 Å². The number of hydrogen-bond acceptors (Lipinski definition) is 2. The molecule has 1 heterocycles. The Kier molecular flexibility index (Phi) is 2.02. The lowest BCUT2D eigenvalue weighted by Gasteiger charge is -2.28. The monoisotopic (exact) mass is 183 g/mol. The van der Waals surface area contributed by atoms with Gasteiger partial charge in [0.25, 0.3) is 0 Å². The third-order valence-corrected chi connectivity index (χ3v) is 3.44. The Labute approximate surface area is 79.1 Å². The van der Waals surface area contributed by atoms with Crippen molar-refractivity contribution in [1.29, 1.82) is 0 Å². The van der Waals surface area contributed by atoms with Gasteiger partial charge in [-0.25, -0.2) is 0 Å². The van der Waals surface area contributed by atoms with Crippen LogP contribution in [0.15, 0.2) is 0 Å². The summed E-state index contributed by atoms with van der Waals surface area (Å²) in [6.07, 6.45) is 0. The molecule has 0 aromatic rings. The topological polar surface area (TPSA) is 37.4 Å². The highest BCUT2D eigenvalue weighted by molar-refractivity contribution is 6.08. The predicted molar refractivity (Wildman–Crippen MR) is 50.0 cm³/mol. The van der Waals surface area contributed by atoms with Gasteiger partial charge in [0.1, 0.15) is 0 Å². The van der Waals surface area contributed by atoms with Crippen molar-refractivity contribution < 1.29 is 9.59 Å². The summed E-state index contributed by atoms with van der Waals surface area (Å²) in [6.45, 7) is 9.65. The molecule has 0 saturated carbocycles. The van der Waals surface area contributed by atoms with Gasteiger partial charge >= 0.3 is 0 Å². The highest BCUT2D eigenvalue weighted by Gasteiger charge is 2.58. The summed E-state index contributed by atoms with van der Waals surface area (Å²) >= 11 is 0. The van der Waals surface area contributed by atoms with Crippen LogP contribution in [0.1, 0.15) is 34.6 Å². The zero-order chi connectivity index (χ0) is 10.4. The Morgan fingerprint density at radius 3 is 1.46 bits per heavy atom. The third-order valence-electron chi connectivity index (χ3n) is 3.44. The van der Waals surface area contributed by atoms with Crippen LogP contribution in [0, 0.1) is 10.8 Å². The predicted octanol–water partition coefficient (Wildman–Crippen LogP) is 1.43. The number of hydrogen-bond donors (Lipinski definition) is 0. The first-order chi connectivity index (χ1) is 5.76. The fraction of sp³-hybridized carbons (Fsp3) is 0.800. The first-order valence-corrected chi connectivity index (χ1v) is 4.63. The maximum absolute atomic E-state index is 11.8. The van der Waals surface area contributed by atoms with Crippen LogP contribution >= 0.6 is 0 Å². The molecule has 0 aliphatic carbocycles. The van der Waals surface area contributed by atoms with E-state index < -0.39 is 10.8 Å². The highest BCUT2D eigenvalue weighted by atomic mass is 16.2. The second-order valence-corrected chi connectivity index (χ2v) is 4.60. The summed E-state index contributed by atoms with van der Waals surface area (Å²) in [4.78, 5) is 24.9. The number of likely N-dealkylation sites (tertiary alicyclic amines) is 1. The summed E-state index contributed by atoms with van der Waals surface area (Å²) in [5.41, 5.74) is -1.14. The van der Waals surface area contributed by atoms with Gasteiger partial charge in [-0.2, -0.15) is 0 Å². The number of carbonyl (C=O) groups is 2. The molecule has 3 nitrogen and oxygen atoms in total. The first kappa shape index (κ1) is 10.2. The lowest BCUT2D eigenvalue weighted by molar-refractivity contribution is -0.141. The molecule has 0 bridgehead atoms. The van der Waals surface area contributed by atoms with Crippen LogP contribution < -0.4 is 0 Å². The van der Waals surface area contributed by atoms with Gasteiger partial charge in [-0.3, -0.25) is 14.5 Å². The van der Waals surface area contributed by atoms with Gasteiger partial charge in [-0.05, 0) is 34.6 Å². The van der Waals surface area contributed by atoms with Crippen molar-refractivity contribution in [3.8, 4) is 0 Å². The number of imide groups is 1. The number of amides is 2. The fourth-order valence-electron chi connectivity index (χ4n) is 1.59. The smallest absolute Gasteiger partial charge is 0.235 e. The summed E-state index contributed by atoms with van der Waals surface area (Å²) in [6, 6.07) is 0. The average molecular weight is 183 g/mol. The Hall–Kier alpha value is -0.860. The zero-order valence-corrected chi connectivity index (χ0v) is 8.97. The number of carbonyl (C=O) groups excluding carboxylic acids is 2. The van der Waals surface area contributed by atoms with Crippen molar-refractivity contribution in [3.63, 3.8) is 0 Å². The Morgan fingerprint density at radius 1 is 1.00 bits per heavy atom. The van der Waals surface area contributed by atoms with Gasteiger partial charge in [0.05, 0.1) is 10.8 Å². The van der Waals surface area contributed by atoms with E-state index in [2.05, 4.69) is 0 Å². The van der Waals surface area contributed by atoms with Crippen molar-refractivity contribution >= 4 is 11.8 Å². The Balaban J connectivity index is 3.20. The molecular weight excluding hydrogens is 166 g/mol. The lowest BCUT2D eigenvalue weighted by Crippen LogP contribution is -2.35. The molecule has 3 heteroatoms. The average Bonchev–Trinajstić information content (AvgIpc) is 2.13. The molecule has 0 aromatic heterocycles. The van der Waals surface area contributed by atoms with Crippen molar-refractivity contribution in [1.82, 2.24) is 4.90 Å². The SMILES string of the molecule is CCN1C(=O)C(C)(C)C(C)(C)C1=O. The van der Waals surface area contributed by atoms with E-state index >= 15 is 0 Å². The van der Waals surface area contributed by atoms with Gasteiger partial charge in [0.15, 0.2) is 0 Å². The van der Waals surface area contributed by atoms with E-state index in [-0.39, 0.29) is 11.8 Å². The van der Waals surface area contributed by atoms with Crippen molar-refractivity contribution in [2.45, 2.75) is 34.6 Å². The maximum atomic E-state index is 11.8. The first-order valence-electron chi connectivity index (χ1n) is 4.63. The summed E-state index contributed by atoms with van der Waals surface area (Å²) in [5, 5.41) is 0. The third kappa shape index (κ3) is 1.02. The molecule has 1 fully saturated rings. The Bertz CT molecular complexity index is 240. The van der Waals surface area contributed by atoms with E-state index in [4.69, 9.17) is 0 Å². The van der Waals surface area contributed by atoms with Crippen molar-refractivity contribution in [3.05, 3.63) is 0 Å². The summed E-state index contributed by atoms with van der Waals surface area (Å²) in [5.74, 6) is -0.102. The van der Waals surface area contributed by atoms with E-state index in [1.807, 2.05) is 34.6 Å². The van der Waals surface area contributed by atoms with E-state index in [0.717, 1.165) is 0 Å². The van der Waals surface area contributed by atoms with Crippen LogP contribution in [0.5, 0.6) is 0 Å². The lowest BCUT2D eigenvalue weighted by atomic mass is 9.70. The standard InChI is InChI=1S/C10H17NO2/c1-6-11-7(12)9(2,3)10(4,5)8(11)13/h6H2,1-5H3. The molecule has 0 aromatic carbocycles. The highest BCUT2D eigenvalue weighted by Crippen LogP contribution is 2.46. The van der Waals surface area contributed by atoms with Gasteiger partial charge in [-0.15, -0.1) is 0 Å². The largest absolute Gasteiger partial charge is 0.282 e. The molecule has 0 N–H and O–H groups in total. The van der Waals surface area contributed by atoms with Gasteiger partial charge in [0.2, 0.25) is 11.8 Å². The minimum absolute atomic E-state index is 0.0509. The van der Waals surface area contributed by atoms with Crippen LogP contribution in [-0.4, -0.2) is 23.3 Å². The molecule has 13 heavy (non-hydrogen) atoms. The molecular formula is C10H17NO2. The normalized spacial score (nSPS) is 25.5. The van der Waals surface area contributed by atoms with E-state index in [9.17, 15) is 9.59 Å². The van der Waals surface area contributed by atoms with Gasteiger partial charge in [0, 0.05) is 6.54 Å². The summed E-state index contributed by atoms with van der Waals surface area (Å²) in [7, 11) is 0. The van der Waals surface area contributed by atoms with Gasteiger partial charge in [-0.1, -0.05) is 0 Å². The van der Waals surface area contributed by atoms with Crippen LogP contribution in [0.2, 0.25) is 0 Å². The van der Waals surface area contributed by atoms with Crippen LogP contribution in [0.4, 0.5) is 0 Å². The van der Waals surface area contributed by atoms with Gasteiger partial charge < -0.3 is 0 Å². The second-order valence-electron chi connectivity index (χ2n) is 4.60. The molecule has 0 atom stereocenters. The molecule has 1 aliphatic heterocycles. The molecule has 0 radical (unpaired) electrons. The number of rotatable bonds is 1. The molecule has 1 aliphatic rings. The van der Waals surface area contributed by atoms with Crippen LogP contribution in [-0.2, 0) is 9.59 Å². The number of nitrogens with zero attached hydrogens (tertiary/aromatic N) is 1. The zero-order valence-electron chi connectivity index (χ0n) is 8.97. The molecule has 2 amide bonds. The minimum Gasteiger partial charge on any atom is -0.282 e. The second kappa shape index (κ2) is 2.56. The van der Waals surface area contributed by atoms with Crippen LogP contribution in [0.25, 0.3) is 0 Å². The minimum atomic E-state index is -0.569.